The number of carbonyl (C=O) groups is 1. The van der Waals surface area contributed by atoms with Gasteiger partial charge in [0, 0.05) is 17.4 Å². The van der Waals surface area contributed by atoms with Gasteiger partial charge >= 0.3 is 0 Å². The molecule has 1 amide bonds. The normalized spacial score (nSPS) is 24.1. The lowest BCUT2D eigenvalue weighted by atomic mass is 9.72. The van der Waals surface area contributed by atoms with Gasteiger partial charge in [0.2, 0.25) is 0 Å². The zero-order valence-electron chi connectivity index (χ0n) is 18.0. The molecule has 32 heavy (non-hydrogen) atoms. The van der Waals surface area contributed by atoms with E-state index in [1.165, 1.54) is 0 Å². The smallest absolute Gasteiger partial charge is 0.260 e. The molecule has 0 aliphatic carbocycles. The molecular formula is C26H24BrNO4. The Morgan fingerprint density at radius 1 is 0.938 bits per heavy atom. The van der Waals surface area contributed by atoms with E-state index < -0.39 is 11.1 Å². The van der Waals surface area contributed by atoms with Crippen molar-refractivity contribution in [2.75, 3.05) is 20.8 Å². The molecule has 0 radical (unpaired) electrons. The fourth-order valence-corrected chi connectivity index (χ4v) is 5.71. The number of amides is 1. The van der Waals surface area contributed by atoms with Gasteiger partial charge in [0.05, 0.1) is 19.8 Å². The van der Waals surface area contributed by atoms with Crippen molar-refractivity contribution in [2.24, 2.45) is 0 Å². The van der Waals surface area contributed by atoms with Crippen LogP contribution in [0.2, 0.25) is 0 Å². The van der Waals surface area contributed by atoms with Crippen molar-refractivity contribution in [1.82, 2.24) is 4.90 Å². The Kier molecular flexibility index (Phi) is 5.02. The second kappa shape index (κ2) is 7.64. The van der Waals surface area contributed by atoms with Crippen LogP contribution in [0, 0.1) is 0 Å². The van der Waals surface area contributed by atoms with Gasteiger partial charge in [-0.2, -0.15) is 0 Å². The van der Waals surface area contributed by atoms with Gasteiger partial charge < -0.3 is 19.5 Å². The fraction of sp³-hybridized carbons (Fsp3) is 0.269. The van der Waals surface area contributed by atoms with Crippen LogP contribution >= 0.6 is 15.9 Å². The van der Waals surface area contributed by atoms with E-state index in [4.69, 9.17) is 9.47 Å². The van der Waals surface area contributed by atoms with Gasteiger partial charge in [-0.25, -0.2) is 0 Å². The number of carbonyl (C=O) groups excluding carboxylic acids is 1. The summed E-state index contributed by atoms with van der Waals surface area (Å²) in [5.41, 5.74) is 1.14. The largest absolute Gasteiger partial charge is 0.493 e. The molecule has 0 aromatic heterocycles. The Balaban J connectivity index is 1.80. The lowest BCUT2D eigenvalue weighted by Gasteiger charge is -2.44. The van der Waals surface area contributed by atoms with Crippen LogP contribution in [0.3, 0.4) is 0 Å². The van der Waals surface area contributed by atoms with Crippen LogP contribution in [0.4, 0.5) is 0 Å². The maximum absolute atomic E-state index is 13.8. The van der Waals surface area contributed by atoms with Gasteiger partial charge in [-0.05, 0) is 52.9 Å². The van der Waals surface area contributed by atoms with Crippen molar-refractivity contribution in [1.29, 1.82) is 0 Å². The summed E-state index contributed by atoms with van der Waals surface area (Å²) in [6.07, 6.45) is 0.879. The number of halogens is 1. The molecule has 3 aromatic rings. The van der Waals surface area contributed by atoms with E-state index in [0.717, 1.165) is 21.2 Å². The van der Waals surface area contributed by atoms with Gasteiger partial charge in [0.15, 0.2) is 17.1 Å². The molecule has 0 unspecified atom stereocenters. The third kappa shape index (κ3) is 2.90. The number of ether oxygens (including phenoxy) is 2. The summed E-state index contributed by atoms with van der Waals surface area (Å²) >= 11 is 3.59. The predicted octanol–water partition coefficient (Wildman–Crippen LogP) is 4.39. The Hall–Kier alpha value is -2.83. The van der Waals surface area contributed by atoms with Crippen LogP contribution in [0.15, 0.2) is 71.2 Å². The van der Waals surface area contributed by atoms with Gasteiger partial charge in [0.25, 0.3) is 5.91 Å². The highest BCUT2D eigenvalue weighted by Crippen LogP contribution is 2.56. The van der Waals surface area contributed by atoms with Crippen LogP contribution in [-0.2, 0) is 22.4 Å². The summed E-state index contributed by atoms with van der Waals surface area (Å²) in [6, 6.07) is 21.2. The number of fused-ring (bicyclic) bond motifs is 3. The first-order valence-corrected chi connectivity index (χ1v) is 11.3. The third-order valence-corrected chi connectivity index (χ3v) is 7.28. The SMILES string of the molecule is COc1cc2c(cc1OC)[C@]1(c3cccc(Br)c3)C[C@@](O)(c3ccccc3)C(=O)N1CC2. The van der Waals surface area contributed by atoms with E-state index in [-0.39, 0.29) is 12.3 Å². The summed E-state index contributed by atoms with van der Waals surface area (Å²) in [4.78, 5) is 15.7. The Labute approximate surface area is 195 Å². The molecule has 2 aliphatic heterocycles. The quantitative estimate of drug-likeness (QED) is 0.585. The maximum Gasteiger partial charge on any atom is 0.260 e. The molecule has 1 N–H and O–H groups in total. The summed E-state index contributed by atoms with van der Waals surface area (Å²) in [6.45, 7) is 0.503. The van der Waals surface area contributed by atoms with Gasteiger partial charge in [0.1, 0.15) is 0 Å². The van der Waals surface area contributed by atoms with Crippen LogP contribution in [-0.4, -0.2) is 36.7 Å². The van der Waals surface area contributed by atoms with E-state index in [9.17, 15) is 9.90 Å². The first-order chi connectivity index (χ1) is 15.4. The molecule has 0 saturated carbocycles. The van der Waals surface area contributed by atoms with Crippen molar-refractivity contribution < 1.29 is 19.4 Å². The second-order valence-corrected chi connectivity index (χ2v) is 9.26. The molecule has 1 fully saturated rings. The van der Waals surface area contributed by atoms with Crippen molar-refractivity contribution in [3.05, 3.63) is 93.5 Å². The summed E-state index contributed by atoms with van der Waals surface area (Å²) in [5.74, 6) is 0.987. The summed E-state index contributed by atoms with van der Waals surface area (Å²) < 4.78 is 12.1. The molecule has 1 saturated heterocycles. The first-order valence-electron chi connectivity index (χ1n) is 10.6. The van der Waals surface area contributed by atoms with E-state index in [0.29, 0.717) is 30.0 Å². The second-order valence-electron chi connectivity index (χ2n) is 8.34. The zero-order valence-corrected chi connectivity index (χ0v) is 19.6. The lowest BCUT2D eigenvalue weighted by molar-refractivity contribution is -0.145. The number of hydrogen-bond acceptors (Lipinski definition) is 4. The number of aliphatic hydroxyl groups is 1. The van der Waals surface area contributed by atoms with Crippen LogP contribution in [0.5, 0.6) is 11.5 Å². The molecule has 0 bridgehead atoms. The average molecular weight is 494 g/mol. The monoisotopic (exact) mass is 493 g/mol. The first kappa shape index (κ1) is 21.0. The minimum absolute atomic E-state index is 0.210. The zero-order chi connectivity index (χ0) is 22.5. The van der Waals surface area contributed by atoms with Crippen LogP contribution in [0.1, 0.15) is 28.7 Å². The van der Waals surface area contributed by atoms with E-state index in [1.54, 1.807) is 14.2 Å². The molecule has 0 spiro atoms. The van der Waals surface area contributed by atoms with E-state index >= 15 is 0 Å². The topological polar surface area (TPSA) is 59.0 Å². The van der Waals surface area contributed by atoms with E-state index in [1.807, 2.05) is 71.6 Å². The van der Waals surface area contributed by atoms with Crippen molar-refractivity contribution in [3.8, 4) is 11.5 Å². The lowest BCUT2D eigenvalue weighted by Crippen LogP contribution is -2.49. The number of nitrogens with zero attached hydrogens (tertiary/aromatic N) is 1. The highest BCUT2D eigenvalue weighted by molar-refractivity contribution is 9.10. The number of benzene rings is 3. The number of rotatable bonds is 4. The molecule has 3 aromatic carbocycles. The molecular weight excluding hydrogens is 470 g/mol. The van der Waals surface area contributed by atoms with Crippen LogP contribution < -0.4 is 9.47 Å². The molecule has 2 atom stereocenters. The standard InChI is InChI=1S/C26H24BrNO4/c1-31-22-13-17-11-12-28-24(29)26(30,18-7-4-3-5-8-18)16-25(28,21(17)15-23(22)32-2)19-9-6-10-20(27)14-19/h3-10,13-15,30H,11-12,16H2,1-2H3/t25-,26-/m1/s1. The minimum atomic E-state index is -1.63. The molecule has 5 nitrogen and oxygen atoms in total. The molecule has 164 valence electrons. The molecule has 6 heteroatoms. The number of methoxy groups -OCH3 is 2. The number of hydrogen-bond donors (Lipinski definition) is 1. The summed E-state index contributed by atoms with van der Waals surface area (Å²) in [5, 5.41) is 11.9. The van der Waals surface area contributed by atoms with Crippen molar-refractivity contribution >= 4 is 21.8 Å². The maximum atomic E-state index is 13.8. The van der Waals surface area contributed by atoms with Gasteiger partial charge in [-0.1, -0.05) is 58.4 Å². The minimum Gasteiger partial charge on any atom is -0.493 e. The van der Waals surface area contributed by atoms with E-state index in [2.05, 4.69) is 15.9 Å². The molecule has 5 rings (SSSR count). The third-order valence-electron chi connectivity index (χ3n) is 6.78. The molecule has 2 aliphatic rings. The van der Waals surface area contributed by atoms with Crippen molar-refractivity contribution in [3.63, 3.8) is 0 Å². The van der Waals surface area contributed by atoms with Crippen molar-refractivity contribution in [2.45, 2.75) is 24.0 Å². The van der Waals surface area contributed by atoms with Gasteiger partial charge in [-0.15, -0.1) is 0 Å². The summed E-state index contributed by atoms with van der Waals surface area (Å²) in [7, 11) is 3.23. The fourth-order valence-electron chi connectivity index (χ4n) is 5.31. The Morgan fingerprint density at radius 2 is 1.62 bits per heavy atom. The highest BCUT2D eigenvalue weighted by atomic mass is 79.9. The van der Waals surface area contributed by atoms with Gasteiger partial charge in [-0.3, -0.25) is 4.79 Å². The average Bonchev–Trinajstić information content (AvgIpc) is 3.07. The predicted molar refractivity (Wildman–Crippen MR) is 125 cm³/mol. The Bertz CT molecular complexity index is 1200. The molecule has 2 heterocycles. The highest BCUT2D eigenvalue weighted by Gasteiger charge is 2.62. The van der Waals surface area contributed by atoms with Crippen LogP contribution in [0.25, 0.3) is 0 Å². The Morgan fingerprint density at radius 3 is 2.31 bits per heavy atom.